The molecule has 0 radical (unpaired) electrons. The Labute approximate surface area is 144 Å². The van der Waals surface area contributed by atoms with Crippen molar-refractivity contribution < 1.29 is 13.9 Å². The number of hydrogen-bond acceptors (Lipinski definition) is 3. The number of carbonyl (C=O) groups is 1. The Morgan fingerprint density at radius 1 is 1.30 bits per heavy atom. The molecular weight excluding hydrogens is 337 g/mol. The molecule has 1 amide bonds. The second-order valence-corrected chi connectivity index (χ2v) is 6.21. The van der Waals surface area contributed by atoms with Gasteiger partial charge in [-0.25, -0.2) is 4.39 Å². The highest BCUT2D eigenvalue weighted by Gasteiger charge is 2.08. The Morgan fingerprint density at radius 2 is 2.09 bits per heavy atom. The molecule has 2 rings (SSSR count). The number of carbonyl (C=O) groups excluding carboxylic acids is 1. The first kappa shape index (κ1) is 17.6. The summed E-state index contributed by atoms with van der Waals surface area (Å²) < 4.78 is 18.7. The molecule has 0 unspecified atom stereocenters. The van der Waals surface area contributed by atoms with Gasteiger partial charge in [0.1, 0.15) is 11.6 Å². The summed E-state index contributed by atoms with van der Waals surface area (Å²) >= 11 is 7.27. The average Bonchev–Trinajstić information content (AvgIpc) is 2.56. The fraction of sp³-hybridized carbons (Fsp3) is 0.235. The Morgan fingerprint density at radius 3 is 2.83 bits per heavy atom. The van der Waals surface area contributed by atoms with Gasteiger partial charge in [-0.05, 0) is 29.8 Å². The number of thioether (sulfide) groups is 1. The Bertz CT molecular complexity index is 661. The van der Waals surface area contributed by atoms with Gasteiger partial charge >= 0.3 is 0 Å². The lowest BCUT2D eigenvalue weighted by atomic mass is 10.2. The van der Waals surface area contributed by atoms with Crippen LogP contribution in [-0.4, -0.2) is 18.8 Å². The van der Waals surface area contributed by atoms with E-state index in [1.54, 1.807) is 19.2 Å². The summed E-state index contributed by atoms with van der Waals surface area (Å²) in [5.41, 5.74) is 1.39. The molecule has 0 spiro atoms. The highest BCUT2D eigenvalue weighted by molar-refractivity contribution is 7.99. The topological polar surface area (TPSA) is 38.3 Å². The van der Waals surface area contributed by atoms with Crippen LogP contribution in [0.15, 0.2) is 42.5 Å². The van der Waals surface area contributed by atoms with Crippen LogP contribution in [0.25, 0.3) is 0 Å². The van der Waals surface area contributed by atoms with Crippen LogP contribution >= 0.6 is 23.4 Å². The quantitative estimate of drug-likeness (QED) is 0.816. The SMILES string of the molecule is COc1cccc(CNC(=O)CSCc2c(F)cccc2Cl)c1. The molecule has 0 aliphatic heterocycles. The van der Waals surface area contributed by atoms with E-state index in [1.807, 2.05) is 24.3 Å². The molecule has 6 heteroatoms. The molecule has 0 heterocycles. The molecule has 3 nitrogen and oxygen atoms in total. The molecule has 0 aliphatic carbocycles. The number of halogens is 2. The molecule has 0 aromatic heterocycles. The van der Waals surface area contributed by atoms with Gasteiger partial charge in [-0.1, -0.05) is 29.8 Å². The maximum absolute atomic E-state index is 13.6. The number of nitrogens with one attached hydrogen (secondary N) is 1. The van der Waals surface area contributed by atoms with Gasteiger partial charge in [0.2, 0.25) is 5.91 Å². The molecular formula is C17H17ClFNO2S. The van der Waals surface area contributed by atoms with Crippen LogP contribution in [0.1, 0.15) is 11.1 Å². The summed E-state index contributed by atoms with van der Waals surface area (Å²) in [5, 5.41) is 3.21. The van der Waals surface area contributed by atoms with Gasteiger partial charge < -0.3 is 10.1 Å². The van der Waals surface area contributed by atoms with Crippen molar-refractivity contribution in [3.8, 4) is 5.75 Å². The zero-order chi connectivity index (χ0) is 16.7. The van der Waals surface area contributed by atoms with Gasteiger partial charge in [-0.2, -0.15) is 0 Å². The van der Waals surface area contributed by atoms with E-state index in [1.165, 1.54) is 17.8 Å². The lowest BCUT2D eigenvalue weighted by Gasteiger charge is -2.08. The smallest absolute Gasteiger partial charge is 0.230 e. The van der Waals surface area contributed by atoms with Gasteiger partial charge in [0, 0.05) is 22.9 Å². The minimum absolute atomic E-state index is 0.106. The minimum atomic E-state index is -0.346. The van der Waals surface area contributed by atoms with Crippen molar-refractivity contribution >= 4 is 29.3 Å². The maximum Gasteiger partial charge on any atom is 0.230 e. The molecule has 0 aliphatic rings. The van der Waals surface area contributed by atoms with Crippen molar-refractivity contribution in [2.75, 3.05) is 12.9 Å². The number of methoxy groups -OCH3 is 1. The molecule has 0 saturated heterocycles. The summed E-state index contributed by atoms with van der Waals surface area (Å²) in [6.45, 7) is 0.428. The van der Waals surface area contributed by atoms with E-state index in [-0.39, 0.29) is 17.5 Å². The first-order valence-electron chi connectivity index (χ1n) is 7.00. The summed E-state index contributed by atoms with van der Waals surface area (Å²) in [6, 6.07) is 12.1. The second-order valence-electron chi connectivity index (χ2n) is 4.82. The fourth-order valence-corrected chi connectivity index (χ4v) is 3.15. The van der Waals surface area contributed by atoms with Crippen LogP contribution in [0.4, 0.5) is 4.39 Å². The van der Waals surface area contributed by atoms with Gasteiger partial charge in [0.15, 0.2) is 0 Å². The van der Waals surface area contributed by atoms with E-state index >= 15 is 0 Å². The molecule has 2 aromatic carbocycles. The summed E-state index contributed by atoms with van der Waals surface area (Å²) in [7, 11) is 1.60. The first-order valence-corrected chi connectivity index (χ1v) is 8.53. The lowest BCUT2D eigenvalue weighted by molar-refractivity contribution is -0.118. The van der Waals surface area contributed by atoms with E-state index in [0.717, 1.165) is 11.3 Å². The van der Waals surface area contributed by atoms with Gasteiger partial charge in [-0.15, -0.1) is 11.8 Å². The Kier molecular flexibility index (Phi) is 6.74. The normalized spacial score (nSPS) is 10.4. The second kappa shape index (κ2) is 8.79. The largest absolute Gasteiger partial charge is 0.497 e. The summed E-state index contributed by atoms with van der Waals surface area (Å²) in [6.07, 6.45) is 0. The third kappa shape index (κ3) is 5.44. The van der Waals surface area contributed by atoms with Crippen LogP contribution in [-0.2, 0) is 17.1 Å². The number of ether oxygens (including phenoxy) is 1. The molecule has 0 saturated carbocycles. The van der Waals surface area contributed by atoms with E-state index in [4.69, 9.17) is 16.3 Å². The van der Waals surface area contributed by atoms with Crippen molar-refractivity contribution in [2.45, 2.75) is 12.3 Å². The summed E-state index contributed by atoms with van der Waals surface area (Å²) in [4.78, 5) is 11.8. The van der Waals surface area contributed by atoms with Crippen molar-refractivity contribution in [3.63, 3.8) is 0 Å². The average molecular weight is 354 g/mol. The number of benzene rings is 2. The minimum Gasteiger partial charge on any atom is -0.497 e. The van der Waals surface area contributed by atoms with Crippen LogP contribution < -0.4 is 10.1 Å². The van der Waals surface area contributed by atoms with Crippen molar-refractivity contribution in [1.82, 2.24) is 5.32 Å². The lowest BCUT2D eigenvalue weighted by Crippen LogP contribution is -2.24. The predicted octanol–water partition coefficient (Wildman–Crippen LogP) is 4.04. The van der Waals surface area contributed by atoms with Gasteiger partial charge in [0.05, 0.1) is 12.9 Å². The Hall–Kier alpha value is -1.72. The molecule has 0 bridgehead atoms. The number of amides is 1. The molecule has 0 fully saturated rings. The van der Waals surface area contributed by atoms with Crippen molar-refractivity contribution in [2.24, 2.45) is 0 Å². The highest BCUT2D eigenvalue weighted by Crippen LogP contribution is 2.23. The molecule has 1 N–H and O–H groups in total. The Balaban J connectivity index is 1.77. The van der Waals surface area contributed by atoms with E-state index in [0.29, 0.717) is 22.9 Å². The molecule has 122 valence electrons. The molecule has 0 atom stereocenters. The predicted molar refractivity (Wildman–Crippen MR) is 92.4 cm³/mol. The van der Waals surface area contributed by atoms with Crippen molar-refractivity contribution in [3.05, 3.63) is 64.4 Å². The van der Waals surface area contributed by atoms with Crippen molar-refractivity contribution in [1.29, 1.82) is 0 Å². The third-order valence-electron chi connectivity index (χ3n) is 3.17. The number of hydrogen-bond donors (Lipinski definition) is 1. The maximum atomic E-state index is 13.6. The molecule has 2 aromatic rings. The van der Waals surface area contributed by atoms with E-state index in [2.05, 4.69) is 5.32 Å². The van der Waals surface area contributed by atoms with Crippen LogP contribution in [0.5, 0.6) is 5.75 Å². The first-order chi connectivity index (χ1) is 11.1. The van der Waals surface area contributed by atoms with E-state index < -0.39 is 0 Å². The standard InChI is InChI=1S/C17H17ClFNO2S/c1-22-13-5-2-4-12(8-13)9-20-17(21)11-23-10-14-15(18)6-3-7-16(14)19/h2-8H,9-11H2,1H3,(H,20,21). The zero-order valence-electron chi connectivity index (χ0n) is 12.6. The van der Waals surface area contributed by atoms with Gasteiger partial charge in [-0.3, -0.25) is 4.79 Å². The monoisotopic (exact) mass is 353 g/mol. The zero-order valence-corrected chi connectivity index (χ0v) is 14.2. The molecule has 23 heavy (non-hydrogen) atoms. The summed E-state index contributed by atoms with van der Waals surface area (Å²) in [5.74, 6) is 0.902. The fourth-order valence-electron chi connectivity index (χ4n) is 1.95. The van der Waals surface area contributed by atoms with E-state index in [9.17, 15) is 9.18 Å². The van der Waals surface area contributed by atoms with Crippen LogP contribution in [0.2, 0.25) is 5.02 Å². The van der Waals surface area contributed by atoms with Crippen LogP contribution in [0.3, 0.4) is 0 Å². The van der Waals surface area contributed by atoms with Crippen LogP contribution in [0, 0.1) is 5.82 Å². The third-order valence-corrected chi connectivity index (χ3v) is 4.48. The highest BCUT2D eigenvalue weighted by atomic mass is 35.5. The van der Waals surface area contributed by atoms with Gasteiger partial charge in [0.25, 0.3) is 0 Å². The number of rotatable bonds is 7.